The lowest BCUT2D eigenvalue weighted by Crippen LogP contribution is -2.33. The van der Waals surface area contributed by atoms with Crippen molar-refractivity contribution in [1.29, 1.82) is 0 Å². The third-order valence-corrected chi connectivity index (χ3v) is 4.25. The molecule has 0 saturated heterocycles. The van der Waals surface area contributed by atoms with E-state index < -0.39 is 18.2 Å². The standard InChI is InChI=1S/C20H19F3NO2.CH2O2/c1-25-18-11-15-7-9-24(13-16(15)12-19(18)26-2)8-6-14-4-3-5-17(10-14)20(21,22)23;2-1-3/h3-5,7,9-13H,6,8H2,1-2H3;1H,(H,2,3)/q+1;/p-1. The van der Waals surface area contributed by atoms with Crippen molar-refractivity contribution < 1.29 is 37.1 Å². The molecule has 0 N–H and O–H groups in total. The Morgan fingerprint density at radius 2 is 1.66 bits per heavy atom. The Bertz CT molecular complexity index is 974. The van der Waals surface area contributed by atoms with Crippen LogP contribution < -0.4 is 19.1 Å². The summed E-state index contributed by atoms with van der Waals surface area (Å²) in [6.45, 7) is 0.0750. The molecule has 0 aliphatic heterocycles. The SMILES string of the molecule is COc1cc2cc[n+](CCc3cccc(C(F)(F)F)c3)cc2cc1OC.O=C[O-]. The molecule has 0 fully saturated rings. The zero-order valence-corrected chi connectivity index (χ0v) is 15.9. The van der Waals surface area contributed by atoms with Gasteiger partial charge >= 0.3 is 6.18 Å². The summed E-state index contributed by atoms with van der Waals surface area (Å²) in [4.78, 5) is 8.25. The second kappa shape index (κ2) is 9.77. The lowest BCUT2D eigenvalue weighted by atomic mass is 10.1. The molecule has 2 aromatic carbocycles. The number of methoxy groups -OCH3 is 2. The van der Waals surface area contributed by atoms with Crippen molar-refractivity contribution in [1.82, 2.24) is 0 Å². The highest BCUT2D eigenvalue weighted by Gasteiger charge is 2.30. The van der Waals surface area contributed by atoms with E-state index in [1.165, 1.54) is 12.1 Å². The fourth-order valence-electron chi connectivity index (χ4n) is 2.86. The minimum absolute atomic E-state index is 0.500. The van der Waals surface area contributed by atoms with Gasteiger partial charge in [0.2, 0.25) is 0 Å². The Hall–Kier alpha value is -3.29. The third-order valence-electron chi connectivity index (χ3n) is 4.25. The first-order valence-electron chi connectivity index (χ1n) is 8.59. The number of hydrogen-bond acceptors (Lipinski definition) is 4. The fourth-order valence-corrected chi connectivity index (χ4v) is 2.86. The largest absolute Gasteiger partial charge is 0.554 e. The summed E-state index contributed by atoms with van der Waals surface area (Å²) in [5.74, 6) is 1.29. The van der Waals surface area contributed by atoms with Gasteiger partial charge in [-0.25, -0.2) is 4.57 Å². The minimum atomic E-state index is -4.32. The lowest BCUT2D eigenvalue weighted by molar-refractivity contribution is -0.695. The summed E-state index contributed by atoms with van der Waals surface area (Å²) in [6, 6.07) is 11.2. The van der Waals surface area contributed by atoms with E-state index in [1.54, 1.807) is 20.3 Å². The smallest absolute Gasteiger partial charge is 0.416 e. The Labute approximate surface area is 165 Å². The Balaban J connectivity index is 0.000000941. The van der Waals surface area contributed by atoms with E-state index in [2.05, 4.69) is 0 Å². The highest BCUT2D eigenvalue weighted by molar-refractivity contribution is 5.84. The van der Waals surface area contributed by atoms with E-state index in [-0.39, 0.29) is 0 Å². The molecule has 3 rings (SSSR count). The Kier molecular flexibility index (Phi) is 7.41. The van der Waals surface area contributed by atoms with Crippen LogP contribution in [0.3, 0.4) is 0 Å². The summed E-state index contributed by atoms with van der Waals surface area (Å²) < 4.78 is 51.0. The van der Waals surface area contributed by atoms with Gasteiger partial charge in [-0.2, -0.15) is 13.2 Å². The Morgan fingerprint density at radius 3 is 2.24 bits per heavy atom. The number of rotatable bonds is 5. The van der Waals surface area contributed by atoms with Crippen LogP contribution in [-0.2, 0) is 23.9 Å². The third kappa shape index (κ3) is 5.84. The number of aromatic nitrogens is 1. The van der Waals surface area contributed by atoms with Crippen molar-refractivity contribution in [2.75, 3.05) is 14.2 Å². The van der Waals surface area contributed by atoms with E-state index in [0.717, 1.165) is 16.8 Å². The minimum Gasteiger partial charge on any atom is -0.554 e. The van der Waals surface area contributed by atoms with Gasteiger partial charge in [-0.05, 0) is 29.1 Å². The highest BCUT2D eigenvalue weighted by atomic mass is 19.4. The van der Waals surface area contributed by atoms with Crippen LogP contribution in [0.25, 0.3) is 10.8 Å². The fraction of sp³-hybridized carbons (Fsp3) is 0.238. The number of carboxylic acid groups (broad SMARTS) is 1. The van der Waals surface area contributed by atoms with Crippen LogP contribution in [0.5, 0.6) is 11.5 Å². The number of nitrogens with zero attached hydrogens (tertiary/aromatic N) is 1. The molecule has 0 saturated carbocycles. The van der Waals surface area contributed by atoms with Crippen LogP contribution in [0.1, 0.15) is 11.1 Å². The summed E-state index contributed by atoms with van der Waals surface area (Å²) in [5, 5.41) is 10.2. The van der Waals surface area contributed by atoms with Crippen LogP contribution in [0.15, 0.2) is 54.9 Å². The van der Waals surface area contributed by atoms with Crippen molar-refractivity contribution in [3.8, 4) is 11.5 Å². The second-order valence-electron chi connectivity index (χ2n) is 6.06. The zero-order valence-electron chi connectivity index (χ0n) is 15.9. The number of carbonyl (C=O) groups is 1. The van der Waals surface area contributed by atoms with Crippen molar-refractivity contribution in [2.24, 2.45) is 0 Å². The van der Waals surface area contributed by atoms with Crippen molar-refractivity contribution in [3.63, 3.8) is 0 Å². The van der Waals surface area contributed by atoms with E-state index in [9.17, 15) is 13.2 Å². The van der Waals surface area contributed by atoms with Crippen LogP contribution >= 0.6 is 0 Å². The second-order valence-corrected chi connectivity index (χ2v) is 6.06. The molecule has 29 heavy (non-hydrogen) atoms. The molecule has 0 atom stereocenters. The van der Waals surface area contributed by atoms with Crippen molar-refractivity contribution in [2.45, 2.75) is 19.1 Å². The number of alkyl halides is 3. The quantitative estimate of drug-likeness (QED) is 0.482. The van der Waals surface area contributed by atoms with Gasteiger partial charge < -0.3 is 19.4 Å². The Morgan fingerprint density at radius 1 is 1.03 bits per heavy atom. The molecule has 0 radical (unpaired) electrons. The molecule has 1 aromatic heterocycles. The molecule has 154 valence electrons. The van der Waals surface area contributed by atoms with Gasteiger partial charge in [0, 0.05) is 24.3 Å². The van der Waals surface area contributed by atoms with Gasteiger partial charge in [-0.1, -0.05) is 18.2 Å². The summed E-state index contributed by atoms with van der Waals surface area (Å²) in [7, 11) is 3.16. The van der Waals surface area contributed by atoms with Gasteiger partial charge in [-0.3, -0.25) is 0 Å². The molecular formula is C21H20F3NO4. The van der Waals surface area contributed by atoms with Crippen molar-refractivity contribution >= 4 is 17.2 Å². The average molecular weight is 407 g/mol. The van der Waals surface area contributed by atoms with E-state index >= 15 is 0 Å². The lowest BCUT2D eigenvalue weighted by Gasteiger charge is -2.09. The number of hydrogen-bond donors (Lipinski definition) is 0. The average Bonchev–Trinajstić information content (AvgIpc) is 2.71. The zero-order chi connectivity index (χ0) is 21.4. The van der Waals surface area contributed by atoms with E-state index in [0.29, 0.717) is 30.0 Å². The maximum Gasteiger partial charge on any atom is 0.416 e. The molecular weight excluding hydrogens is 387 g/mol. The van der Waals surface area contributed by atoms with Gasteiger partial charge in [0.05, 0.1) is 19.8 Å². The maximum atomic E-state index is 12.8. The van der Waals surface area contributed by atoms with Crippen LogP contribution in [-0.4, -0.2) is 20.7 Å². The van der Waals surface area contributed by atoms with E-state index in [4.69, 9.17) is 19.4 Å². The van der Waals surface area contributed by atoms with Gasteiger partial charge in [-0.15, -0.1) is 0 Å². The predicted octanol–water partition coefficient (Wildman–Crippen LogP) is 2.77. The number of benzene rings is 2. The molecule has 0 bridgehead atoms. The molecule has 5 nitrogen and oxygen atoms in total. The molecule has 0 aliphatic carbocycles. The first-order chi connectivity index (χ1) is 13.8. The van der Waals surface area contributed by atoms with E-state index in [1.807, 2.05) is 35.2 Å². The van der Waals surface area contributed by atoms with Crippen LogP contribution in [0, 0.1) is 0 Å². The maximum absolute atomic E-state index is 12.8. The summed E-state index contributed by atoms with van der Waals surface area (Å²) >= 11 is 0. The monoisotopic (exact) mass is 407 g/mol. The number of fused-ring (bicyclic) bond motifs is 1. The number of pyridine rings is 1. The number of ether oxygens (including phenoxy) is 2. The molecule has 0 aliphatic rings. The van der Waals surface area contributed by atoms with Crippen LogP contribution in [0.4, 0.5) is 13.2 Å². The number of halogens is 3. The highest BCUT2D eigenvalue weighted by Crippen LogP contribution is 2.31. The first kappa shape index (κ1) is 22.0. The number of aryl methyl sites for hydroxylation is 2. The number of carbonyl (C=O) groups excluding carboxylic acids is 1. The predicted molar refractivity (Wildman–Crippen MR) is 98.5 cm³/mol. The first-order valence-corrected chi connectivity index (χ1v) is 8.59. The topological polar surface area (TPSA) is 62.5 Å². The molecule has 1 heterocycles. The van der Waals surface area contributed by atoms with Gasteiger partial charge in [0.1, 0.15) is 0 Å². The van der Waals surface area contributed by atoms with Crippen LogP contribution in [0.2, 0.25) is 0 Å². The van der Waals surface area contributed by atoms with Crippen molar-refractivity contribution in [3.05, 3.63) is 66.0 Å². The molecule has 3 aromatic rings. The molecule has 0 spiro atoms. The summed E-state index contributed by atoms with van der Waals surface area (Å²) in [6.07, 6.45) is 0.0435. The molecule has 0 amide bonds. The normalized spacial score (nSPS) is 10.8. The molecule has 0 unspecified atom stereocenters. The van der Waals surface area contributed by atoms with Gasteiger partial charge in [0.15, 0.2) is 30.4 Å². The molecule has 8 heteroatoms. The summed E-state index contributed by atoms with van der Waals surface area (Å²) in [5.41, 5.74) is 0.0371. The van der Waals surface area contributed by atoms with Gasteiger partial charge in [0.25, 0.3) is 0 Å².